The van der Waals surface area contributed by atoms with Gasteiger partial charge in [-0.1, -0.05) is 12.1 Å². The summed E-state index contributed by atoms with van der Waals surface area (Å²) in [5.41, 5.74) is 1.00. The van der Waals surface area contributed by atoms with E-state index in [9.17, 15) is 4.79 Å². The van der Waals surface area contributed by atoms with Gasteiger partial charge in [0.05, 0.1) is 5.69 Å². The number of carbonyl (C=O) groups excluding carboxylic acids is 1. The molecule has 1 saturated heterocycles. The van der Waals surface area contributed by atoms with E-state index in [0.717, 1.165) is 28.8 Å². The highest BCUT2D eigenvalue weighted by Gasteiger charge is 2.20. The van der Waals surface area contributed by atoms with Crippen LogP contribution in [0.2, 0.25) is 0 Å². The number of nitrogens with one attached hydrogen (secondary N) is 1. The normalized spacial score (nSPS) is 16.6. The number of rotatable bonds is 1. The Morgan fingerprint density at radius 2 is 2.14 bits per heavy atom. The van der Waals surface area contributed by atoms with Crippen LogP contribution in [0, 0.1) is 3.57 Å². The first-order valence-corrected chi connectivity index (χ1v) is 5.67. The van der Waals surface area contributed by atoms with Crippen LogP contribution in [-0.4, -0.2) is 19.1 Å². The highest BCUT2D eigenvalue weighted by Crippen LogP contribution is 2.23. The van der Waals surface area contributed by atoms with Crippen LogP contribution >= 0.6 is 22.6 Å². The van der Waals surface area contributed by atoms with Crippen molar-refractivity contribution in [2.45, 2.75) is 6.42 Å². The second-order valence-electron chi connectivity index (χ2n) is 3.19. The van der Waals surface area contributed by atoms with E-state index in [1.807, 2.05) is 24.3 Å². The van der Waals surface area contributed by atoms with Crippen LogP contribution in [0.4, 0.5) is 10.5 Å². The Labute approximate surface area is 96.6 Å². The van der Waals surface area contributed by atoms with E-state index in [1.54, 1.807) is 4.90 Å². The third kappa shape index (κ3) is 1.84. The standard InChI is InChI=1S/C10H11IN2O/c11-8-4-1-2-5-9(8)13-7-3-6-12-10(13)14/h1-2,4-5H,3,6-7H2,(H,12,14). The van der Waals surface area contributed by atoms with Gasteiger partial charge in [-0.2, -0.15) is 0 Å². The van der Waals surface area contributed by atoms with Crippen molar-refractivity contribution in [3.05, 3.63) is 27.8 Å². The third-order valence-corrected chi connectivity index (χ3v) is 3.14. The second kappa shape index (κ2) is 4.16. The van der Waals surface area contributed by atoms with Gasteiger partial charge < -0.3 is 5.32 Å². The van der Waals surface area contributed by atoms with Gasteiger partial charge >= 0.3 is 6.03 Å². The first kappa shape index (κ1) is 9.76. The fourth-order valence-electron chi connectivity index (χ4n) is 1.53. The van der Waals surface area contributed by atoms with Crippen molar-refractivity contribution in [3.63, 3.8) is 0 Å². The predicted molar refractivity (Wildman–Crippen MR) is 64.5 cm³/mol. The molecule has 1 fully saturated rings. The Hall–Kier alpha value is -0.780. The Kier molecular flexibility index (Phi) is 2.90. The van der Waals surface area contributed by atoms with Crippen molar-refractivity contribution in [1.29, 1.82) is 0 Å². The van der Waals surface area contributed by atoms with Crippen molar-refractivity contribution in [3.8, 4) is 0 Å². The van der Waals surface area contributed by atoms with Gasteiger partial charge in [-0.05, 0) is 41.1 Å². The van der Waals surface area contributed by atoms with Gasteiger partial charge in [-0.25, -0.2) is 4.79 Å². The van der Waals surface area contributed by atoms with E-state index in [2.05, 4.69) is 27.9 Å². The van der Waals surface area contributed by atoms with E-state index >= 15 is 0 Å². The summed E-state index contributed by atoms with van der Waals surface area (Å²) in [6.07, 6.45) is 1.01. The van der Waals surface area contributed by atoms with Crippen molar-refractivity contribution in [1.82, 2.24) is 5.32 Å². The number of urea groups is 1. The summed E-state index contributed by atoms with van der Waals surface area (Å²) >= 11 is 2.25. The number of halogens is 1. The molecule has 74 valence electrons. The molecule has 0 aromatic heterocycles. The Morgan fingerprint density at radius 3 is 2.86 bits per heavy atom. The molecule has 0 aliphatic carbocycles. The molecule has 1 aliphatic heterocycles. The molecule has 0 radical (unpaired) electrons. The van der Waals surface area contributed by atoms with Crippen LogP contribution in [0.1, 0.15) is 6.42 Å². The van der Waals surface area contributed by atoms with Crippen LogP contribution in [0.15, 0.2) is 24.3 Å². The van der Waals surface area contributed by atoms with E-state index in [1.165, 1.54) is 0 Å². The zero-order valence-electron chi connectivity index (χ0n) is 7.66. The van der Waals surface area contributed by atoms with Crippen LogP contribution in [-0.2, 0) is 0 Å². The van der Waals surface area contributed by atoms with Gasteiger partial charge in [0.25, 0.3) is 0 Å². The van der Waals surface area contributed by atoms with Crippen LogP contribution in [0.5, 0.6) is 0 Å². The van der Waals surface area contributed by atoms with Gasteiger partial charge in [0, 0.05) is 16.7 Å². The summed E-state index contributed by atoms with van der Waals surface area (Å²) in [7, 11) is 0. The molecule has 14 heavy (non-hydrogen) atoms. The maximum absolute atomic E-state index is 11.6. The van der Waals surface area contributed by atoms with Crippen molar-refractivity contribution in [2.75, 3.05) is 18.0 Å². The van der Waals surface area contributed by atoms with Gasteiger partial charge in [0.15, 0.2) is 0 Å². The third-order valence-electron chi connectivity index (χ3n) is 2.22. The molecule has 1 N–H and O–H groups in total. The lowest BCUT2D eigenvalue weighted by molar-refractivity contribution is 0.243. The van der Waals surface area contributed by atoms with Gasteiger partial charge in [-0.15, -0.1) is 0 Å². The van der Waals surface area contributed by atoms with Crippen molar-refractivity contribution < 1.29 is 4.79 Å². The minimum Gasteiger partial charge on any atom is -0.338 e. The summed E-state index contributed by atoms with van der Waals surface area (Å²) in [6.45, 7) is 1.60. The summed E-state index contributed by atoms with van der Waals surface area (Å²) in [5, 5.41) is 2.84. The average Bonchev–Trinajstić information content (AvgIpc) is 2.20. The van der Waals surface area contributed by atoms with E-state index in [0.29, 0.717) is 0 Å². The number of hydrogen-bond acceptors (Lipinski definition) is 1. The maximum Gasteiger partial charge on any atom is 0.321 e. The molecule has 3 nitrogen and oxygen atoms in total. The minimum absolute atomic E-state index is 0.0142. The molecule has 2 amide bonds. The van der Waals surface area contributed by atoms with Gasteiger partial charge in [-0.3, -0.25) is 4.90 Å². The molecular formula is C10H11IN2O. The van der Waals surface area contributed by atoms with Gasteiger partial charge in [0.1, 0.15) is 0 Å². The van der Waals surface area contributed by atoms with Crippen molar-refractivity contribution >= 4 is 34.3 Å². The summed E-state index contributed by atoms with van der Waals surface area (Å²) in [4.78, 5) is 13.4. The molecule has 0 bridgehead atoms. The molecule has 0 saturated carbocycles. The quantitative estimate of drug-likeness (QED) is 0.793. The molecular weight excluding hydrogens is 291 g/mol. The number of benzene rings is 1. The molecule has 1 aromatic carbocycles. The molecule has 2 rings (SSSR count). The molecule has 1 aromatic rings. The number of hydrogen-bond donors (Lipinski definition) is 1. The SMILES string of the molecule is O=C1NCCCN1c1ccccc1I. The van der Waals surface area contributed by atoms with E-state index < -0.39 is 0 Å². The zero-order valence-corrected chi connectivity index (χ0v) is 9.82. The first-order chi connectivity index (χ1) is 6.79. The Morgan fingerprint density at radius 1 is 1.36 bits per heavy atom. The highest BCUT2D eigenvalue weighted by atomic mass is 127. The molecule has 1 aliphatic rings. The summed E-state index contributed by atoms with van der Waals surface area (Å²) in [5.74, 6) is 0. The molecule has 4 heteroatoms. The smallest absolute Gasteiger partial charge is 0.321 e. The lowest BCUT2D eigenvalue weighted by Gasteiger charge is -2.28. The zero-order chi connectivity index (χ0) is 9.97. The first-order valence-electron chi connectivity index (χ1n) is 4.59. The minimum atomic E-state index is 0.0142. The Bertz CT molecular complexity index is 354. The van der Waals surface area contributed by atoms with Gasteiger partial charge in [0.2, 0.25) is 0 Å². The molecule has 0 unspecified atom stereocenters. The second-order valence-corrected chi connectivity index (χ2v) is 4.35. The molecule has 0 atom stereocenters. The number of carbonyl (C=O) groups is 1. The van der Waals surface area contributed by atoms with E-state index in [4.69, 9.17) is 0 Å². The number of amides is 2. The number of nitrogens with zero attached hydrogens (tertiary/aromatic N) is 1. The molecule has 1 heterocycles. The fourth-order valence-corrected chi connectivity index (χ4v) is 2.21. The van der Waals surface area contributed by atoms with E-state index in [-0.39, 0.29) is 6.03 Å². The maximum atomic E-state index is 11.6. The number of anilines is 1. The predicted octanol–water partition coefficient (Wildman–Crippen LogP) is 2.21. The summed E-state index contributed by atoms with van der Waals surface area (Å²) in [6, 6.07) is 7.94. The van der Waals surface area contributed by atoms with Crippen molar-refractivity contribution in [2.24, 2.45) is 0 Å². The molecule has 0 spiro atoms. The lowest BCUT2D eigenvalue weighted by atomic mass is 10.2. The fraction of sp³-hybridized carbons (Fsp3) is 0.300. The highest BCUT2D eigenvalue weighted by molar-refractivity contribution is 14.1. The average molecular weight is 302 g/mol. The largest absolute Gasteiger partial charge is 0.338 e. The van der Waals surface area contributed by atoms with Crippen LogP contribution in [0.3, 0.4) is 0 Å². The number of para-hydroxylation sites is 1. The van der Waals surface area contributed by atoms with Crippen LogP contribution in [0.25, 0.3) is 0 Å². The topological polar surface area (TPSA) is 32.3 Å². The Balaban J connectivity index is 2.29. The summed E-state index contributed by atoms with van der Waals surface area (Å²) < 4.78 is 1.11. The monoisotopic (exact) mass is 302 g/mol. The lowest BCUT2D eigenvalue weighted by Crippen LogP contribution is -2.46. The van der Waals surface area contributed by atoms with Crippen LogP contribution < -0.4 is 10.2 Å².